The molecule has 2 N–H and O–H groups in total. The standard InChI is InChI=1S/C11H18O6/c1-11(2)16-9(7-5(3-12)14-7)10(17-11)8-6(4-13)15-8/h5-10,12-13H,3-4H2,1-2H3/t5-,6-,7+,8+,9-,10-/m1/s1. The third-order valence-corrected chi connectivity index (χ3v) is 3.41. The average molecular weight is 246 g/mol. The van der Waals surface area contributed by atoms with Crippen LogP contribution < -0.4 is 0 Å². The number of aliphatic hydroxyl groups excluding tert-OH is 2. The monoisotopic (exact) mass is 246 g/mol. The van der Waals surface area contributed by atoms with Gasteiger partial charge in [0, 0.05) is 0 Å². The molecule has 0 aromatic carbocycles. The largest absolute Gasteiger partial charge is 0.394 e. The summed E-state index contributed by atoms with van der Waals surface area (Å²) in [5, 5.41) is 18.0. The molecule has 0 saturated carbocycles. The first-order valence-corrected chi connectivity index (χ1v) is 5.94. The lowest BCUT2D eigenvalue weighted by atomic mass is 10.0. The SMILES string of the molecule is CC1(C)O[C@H]([C@H]2O[C@@H]2CO)[C@@H]([C@H]2O[C@@H]2CO)O1. The second-order valence-corrected chi connectivity index (χ2v) is 5.21. The van der Waals surface area contributed by atoms with Crippen LogP contribution in [0.3, 0.4) is 0 Å². The molecule has 0 amide bonds. The Morgan fingerprint density at radius 2 is 1.24 bits per heavy atom. The molecule has 98 valence electrons. The summed E-state index contributed by atoms with van der Waals surface area (Å²) in [6.45, 7) is 3.67. The molecule has 3 saturated heterocycles. The fourth-order valence-electron chi connectivity index (χ4n) is 2.51. The number of rotatable bonds is 4. The van der Waals surface area contributed by atoms with Gasteiger partial charge in [-0.25, -0.2) is 0 Å². The predicted molar refractivity (Wildman–Crippen MR) is 55.3 cm³/mol. The fourth-order valence-corrected chi connectivity index (χ4v) is 2.51. The quantitative estimate of drug-likeness (QED) is 0.621. The molecule has 3 aliphatic rings. The Morgan fingerprint density at radius 3 is 1.53 bits per heavy atom. The molecule has 3 fully saturated rings. The topological polar surface area (TPSA) is 84.0 Å². The van der Waals surface area contributed by atoms with Crippen molar-refractivity contribution in [3.05, 3.63) is 0 Å². The smallest absolute Gasteiger partial charge is 0.164 e. The summed E-state index contributed by atoms with van der Waals surface area (Å²) in [6, 6.07) is 0. The van der Waals surface area contributed by atoms with Crippen molar-refractivity contribution in [2.45, 2.75) is 56.3 Å². The van der Waals surface area contributed by atoms with E-state index >= 15 is 0 Å². The summed E-state index contributed by atoms with van der Waals surface area (Å²) in [5.41, 5.74) is 0. The highest BCUT2D eigenvalue weighted by atomic mass is 16.8. The van der Waals surface area contributed by atoms with Gasteiger partial charge in [0.15, 0.2) is 5.79 Å². The normalized spacial score (nSPS) is 51.5. The van der Waals surface area contributed by atoms with E-state index in [1.165, 1.54) is 0 Å². The van der Waals surface area contributed by atoms with Gasteiger partial charge in [-0.2, -0.15) is 0 Å². The molecule has 0 aromatic heterocycles. The van der Waals surface area contributed by atoms with E-state index < -0.39 is 5.79 Å². The molecule has 0 radical (unpaired) electrons. The minimum Gasteiger partial charge on any atom is -0.394 e. The van der Waals surface area contributed by atoms with Gasteiger partial charge in [0.1, 0.15) is 36.6 Å². The summed E-state index contributed by atoms with van der Waals surface area (Å²) in [4.78, 5) is 0. The molecule has 0 aliphatic carbocycles. The van der Waals surface area contributed by atoms with Gasteiger partial charge in [-0.1, -0.05) is 0 Å². The summed E-state index contributed by atoms with van der Waals surface area (Å²) >= 11 is 0. The molecule has 6 heteroatoms. The van der Waals surface area contributed by atoms with E-state index in [2.05, 4.69) is 0 Å². The highest BCUT2D eigenvalue weighted by molar-refractivity contribution is 5.05. The van der Waals surface area contributed by atoms with Gasteiger partial charge in [-0.3, -0.25) is 0 Å². The summed E-state index contributed by atoms with van der Waals surface area (Å²) in [6.07, 6.45) is -1.05. The first-order valence-electron chi connectivity index (χ1n) is 5.94. The summed E-state index contributed by atoms with van der Waals surface area (Å²) in [7, 11) is 0. The van der Waals surface area contributed by atoms with Crippen LogP contribution >= 0.6 is 0 Å². The molecule has 3 aliphatic heterocycles. The van der Waals surface area contributed by atoms with Gasteiger partial charge in [-0.05, 0) is 13.8 Å². The highest BCUT2D eigenvalue weighted by Crippen LogP contribution is 2.43. The molecular formula is C11H18O6. The van der Waals surface area contributed by atoms with E-state index in [0.29, 0.717) is 0 Å². The second kappa shape index (κ2) is 3.88. The van der Waals surface area contributed by atoms with E-state index in [0.717, 1.165) is 0 Å². The molecule has 0 bridgehead atoms. The number of hydrogen-bond acceptors (Lipinski definition) is 6. The third kappa shape index (κ3) is 2.09. The third-order valence-electron chi connectivity index (χ3n) is 3.41. The zero-order valence-corrected chi connectivity index (χ0v) is 9.91. The molecule has 3 rings (SSSR count). The van der Waals surface area contributed by atoms with Crippen LogP contribution in [0.15, 0.2) is 0 Å². The van der Waals surface area contributed by atoms with Crippen LogP contribution in [0.2, 0.25) is 0 Å². The van der Waals surface area contributed by atoms with Gasteiger partial charge in [0.2, 0.25) is 0 Å². The Hall–Kier alpha value is -0.240. The van der Waals surface area contributed by atoms with Gasteiger partial charge in [0.25, 0.3) is 0 Å². The van der Waals surface area contributed by atoms with Crippen LogP contribution in [0.1, 0.15) is 13.8 Å². The van der Waals surface area contributed by atoms with Gasteiger partial charge in [-0.15, -0.1) is 0 Å². The van der Waals surface area contributed by atoms with E-state index in [1.54, 1.807) is 0 Å². The van der Waals surface area contributed by atoms with E-state index in [1.807, 2.05) is 13.8 Å². The number of ether oxygens (including phenoxy) is 4. The molecule has 6 nitrogen and oxygen atoms in total. The Balaban J connectivity index is 1.68. The molecular weight excluding hydrogens is 228 g/mol. The second-order valence-electron chi connectivity index (χ2n) is 5.21. The first kappa shape index (κ1) is 11.8. The van der Waals surface area contributed by atoms with Gasteiger partial charge < -0.3 is 29.2 Å². The molecule has 0 aromatic rings. The van der Waals surface area contributed by atoms with Crippen molar-refractivity contribution < 1.29 is 29.2 Å². The van der Waals surface area contributed by atoms with Gasteiger partial charge >= 0.3 is 0 Å². The summed E-state index contributed by atoms with van der Waals surface area (Å²) in [5.74, 6) is -0.673. The van der Waals surface area contributed by atoms with E-state index in [4.69, 9.17) is 29.2 Å². The predicted octanol–water partition coefficient (Wildman–Crippen LogP) is -0.974. The van der Waals surface area contributed by atoms with Crippen molar-refractivity contribution in [3.63, 3.8) is 0 Å². The van der Waals surface area contributed by atoms with Gasteiger partial charge in [0.05, 0.1) is 13.2 Å². The molecule has 6 atom stereocenters. The number of aliphatic hydroxyl groups is 2. The molecule has 17 heavy (non-hydrogen) atoms. The van der Waals surface area contributed by atoms with Crippen LogP contribution in [-0.2, 0) is 18.9 Å². The zero-order chi connectivity index (χ0) is 12.2. The van der Waals surface area contributed by atoms with Crippen molar-refractivity contribution in [2.24, 2.45) is 0 Å². The zero-order valence-electron chi connectivity index (χ0n) is 9.91. The van der Waals surface area contributed by atoms with Crippen LogP contribution in [0.4, 0.5) is 0 Å². The van der Waals surface area contributed by atoms with E-state index in [9.17, 15) is 0 Å². The number of epoxide rings is 2. The van der Waals surface area contributed by atoms with Crippen molar-refractivity contribution in [2.75, 3.05) is 13.2 Å². The van der Waals surface area contributed by atoms with Crippen LogP contribution in [0.25, 0.3) is 0 Å². The van der Waals surface area contributed by atoms with Crippen molar-refractivity contribution >= 4 is 0 Å². The minimum absolute atomic E-state index is 0.00731. The van der Waals surface area contributed by atoms with Crippen LogP contribution in [0, 0.1) is 0 Å². The Morgan fingerprint density at radius 1 is 0.824 bits per heavy atom. The molecule has 0 spiro atoms. The van der Waals surface area contributed by atoms with Crippen LogP contribution in [0.5, 0.6) is 0 Å². The summed E-state index contributed by atoms with van der Waals surface area (Å²) < 4.78 is 22.3. The maximum Gasteiger partial charge on any atom is 0.164 e. The Kier molecular flexibility index (Phi) is 2.70. The highest BCUT2D eigenvalue weighted by Gasteiger charge is 2.61. The minimum atomic E-state index is -0.673. The van der Waals surface area contributed by atoms with E-state index in [-0.39, 0.29) is 49.8 Å². The van der Waals surface area contributed by atoms with Crippen molar-refractivity contribution in [3.8, 4) is 0 Å². The maximum atomic E-state index is 9.01. The number of hydrogen-bond donors (Lipinski definition) is 2. The first-order chi connectivity index (χ1) is 8.05. The Labute approximate surface area is 99.4 Å². The lowest BCUT2D eigenvalue weighted by molar-refractivity contribution is -0.149. The molecule has 0 unspecified atom stereocenters. The van der Waals surface area contributed by atoms with Crippen molar-refractivity contribution in [1.82, 2.24) is 0 Å². The lowest BCUT2D eigenvalue weighted by Gasteiger charge is -2.16. The molecule has 3 heterocycles. The Bertz CT molecular complexity index is 278. The average Bonchev–Trinajstić information content (AvgIpc) is 3.17. The van der Waals surface area contributed by atoms with Crippen molar-refractivity contribution in [1.29, 1.82) is 0 Å². The maximum absolute atomic E-state index is 9.01. The van der Waals surface area contributed by atoms with Crippen LogP contribution in [-0.4, -0.2) is 65.8 Å². The lowest BCUT2D eigenvalue weighted by Crippen LogP contribution is -2.35. The fraction of sp³-hybridized carbons (Fsp3) is 1.00.